The van der Waals surface area contributed by atoms with E-state index < -0.39 is 6.03 Å². The number of hydrogen-bond acceptors (Lipinski definition) is 3. The molecule has 4 nitrogen and oxygen atoms in total. The standard InChI is InChI=1S/C15H18N2O2S/c1-3-4-12-20-14-10-6-5-8-13(14)9-7-11-17(19)15(18)16-2/h5-10,19H,11-12H2,1-2H3,(H,16,18)/b9-7+. The number of hydroxylamine groups is 2. The monoisotopic (exact) mass is 290 g/mol. The number of nitrogens with zero attached hydrogens (tertiary/aromatic N) is 1. The highest BCUT2D eigenvalue weighted by Crippen LogP contribution is 2.23. The number of amides is 2. The molecule has 0 unspecified atom stereocenters. The number of urea groups is 1. The number of hydrogen-bond donors (Lipinski definition) is 2. The second-order valence-corrected chi connectivity index (χ2v) is 4.81. The van der Waals surface area contributed by atoms with E-state index in [-0.39, 0.29) is 6.54 Å². The maximum Gasteiger partial charge on any atom is 0.341 e. The van der Waals surface area contributed by atoms with E-state index in [4.69, 9.17) is 0 Å². The molecule has 0 fully saturated rings. The van der Waals surface area contributed by atoms with Crippen LogP contribution in [-0.2, 0) is 0 Å². The summed E-state index contributed by atoms with van der Waals surface area (Å²) in [5, 5.41) is 12.3. The molecule has 0 spiro atoms. The zero-order chi connectivity index (χ0) is 14.8. The largest absolute Gasteiger partial charge is 0.341 e. The Morgan fingerprint density at radius 3 is 2.95 bits per heavy atom. The molecule has 5 heteroatoms. The molecule has 2 amide bonds. The van der Waals surface area contributed by atoms with Crippen LogP contribution in [0.5, 0.6) is 0 Å². The molecule has 0 bridgehead atoms. The number of carbonyl (C=O) groups is 1. The minimum absolute atomic E-state index is 0.132. The molecule has 0 heterocycles. The van der Waals surface area contributed by atoms with Crippen LogP contribution in [0.25, 0.3) is 6.08 Å². The van der Waals surface area contributed by atoms with Crippen molar-refractivity contribution < 1.29 is 10.0 Å². The number of benzene rings is 1. The van der Waals surface area contributed by atoms with Gasteiger partial charge >= 0.3 is 6.03 Å². The molecule has 1 rings (SSSR count). The van der Waals surface area contributed by atoms with Crippen LogP contribution < -0.4 is 5.32 Å². The number of thioether (sulfide) groups is 1. The fourth-order valence-corrected chi connectivity index (χ4v) is 2.28. The summed E-state index contributed by atoms with van der Waals surface area (Å²) in [6, 6.07) is 7.40. The molecule has 2 N–H and O–H groups in total. The van der Waals surface area contributed by atoms with Crippen molar-refractivity contribution in [3.05, 3.63) is 35.9 Å². The van der Waals surface area contributed by atoms with Gasteiger partial charge in [-0.2, -0.15) is 0 Å². The molecule has 0 radical (unpaired) electrons. The molecule has 0 atom stereocenters. The fourth-order valence-electron chi connectivity index (χ4n) is 1.43. The summed E-state index contributed by atoms with van der Waals surface area (Å²) in [5.41, 5.74) is 1.04. The maximum atomic E-state index is 11.1. The summed E-state index contributed by atoms with van der Waals surface area (Å²) in [4.78, 5) is 12.2. The van der Waals surface area contributed by atoms with Gasteiger partial charge in [0.2, 0.25) is 0 Å². The third-order valence-electron chi connectivity index (χ3n) is 2.42. The van der Waals surface area contributed by atoms with Gasteiger partial charge < -0.3 is 5.32 Å². The van der Waals surface area contributed by atoms with E-state index in [1.807, 2.05) is 37.3 Å². The van der Waals surface area contributed by atoms with E-state index in [0.29, 0.717) is 5.06 Å². The number of rotatable bonds is 5. The molecule has 0 aromatic heterocycles. The van der Waals surface area contributed by atoms with Gasteiger partial charge in [0.1, 0.15) is 0 Å². The van der Waals surface area contributed by atoms with Gasteiger partial charge in [0, 0.05) is 11.9 Å². The van der Waals surface area contributed by atoms with Crippen molar-refractivity contribution in [1.29, 1.82) is 0 Å². The minimum Gasteiger partial charge on any atom is -0.339 e. The van der Waals surface area contributed by atoms with Gasteiger partial charge in [-0.15, -0.1) is 17.7 Å². The van der Waals surface area contributed by atoms with Gasteiger partial charge in [0.15, 0.2) is 0 Å². The summed E-state index contributed by atoms with van der Waals surface area (Å²) >= 11 is 1.66. The van der Waals surface area contributed by atoms with Gasteiger partial charge in [-0.1, -0.05) is 36.3 Å². The highest BCUT2D eigenvalue weighted by molar-refractivity contribution is 7.99. The number of nitrogens with one attached hydrogen (secondary N) is 1. The molecule has 0 saturated carbocycles. The summed E-state index contributed by atoms with van der Waals surface area (Å²) in [6.07, 6.45) is 3.62. The van der Waals surface area contributed by atoms with Crippen molar-refractivity contribution in [3.8, 4) is 11.8 Å². The second kappa shape index (κ2) is 9.08. The third kappa shape index (κ3) is 5.39. The Hall–Kier alpha value is -1.90. The summed E-state index contributed by atoms with van der Waals surface area (Å²) in [6.45, 7) is 1.95. The highest BCUT2D eigenvalue weighted by atomic mass is 32.2. The molecule has 0 aliphatic carbocycles. The van der Waals surface area contributed by atoms with Crippen molar-refractivity contribution in [2.24, 2.45) is 0 Å². The van der Waals surface area contributed by atoms with E-state index in [1.54, 1.807) is 17.8 Å². The molecule has 20 heavy (non-hydrogen) atoms. The zero-order valence-corrected chi connectivity index (χ0v) is 12.4. The Kier molecular flexibility index (Phi) is 7.33. The fraction of sp³-hybridized carbons (Fsp3) is 0.267. The van der Waals surface area contributed by atoms with Crippen LogP contribution >= 0.6 is 11.8 Å². The number of carbonyl (C=O) groups excluding carboxylic acids is 1. The smallest absolute Gasteiger partial charge is 0.339 e. The average molecular weight is 290 g/mol. The van der Waals surface area contributed by atoms with Gasteiger partial charge in [-0.3, -0.25) is 5.21 Å². The average Bonchev–Trinajstić information content (AvgIpc) is 2.48. The van der Waals surface area contributed by atoms with Crippen LogP contribution in [0.15, 0.2) is 35.2 Å². The van der Waals surface area contributed by atoms with Crippen molar-refractivity contribution >= 4 is 23.9 Å². The Bertz CT molecular complexity index is 532. The van der Waals surface area contributed by atoms with Gasteiger partial charge in [-0.25, -0.2) is 9.86 Å². The van der Waals surface area contributed by atoms with Crippen LogP contribution in [0, 0.1) is 11.8 Å². The van der Waals surface area contributed by atoms with Gasteiger partial charge in [-0.05, 0) is 18.6 Å². The molecule has 1 aromatic rings. The first-order valence-electron chi connectivity index (χ1n) is 6.15. The molecule has 0 aliphatic heterocycles. The van der Waals surface area contributed by atoms with Crippen molar-refractivity contribution in [1.82, 2.24) is 10.4 Å². The second-order valence-electron chi connectivity index (χ2n) is 3.79. The molecule has 106 valence electrons. The minimum atomic E-state index is -0.532. The van der Waals surface area contributed by atoms with Crippen LogP contribution in [0.1, 0.15) is 12.5 Å². The first-order chi connectivity index (χ1) is 9.69. The first-order valence-corrected chi connectivity index (χ1v) is 7.13. The van der Waals surface area contributed by atoms with Crippen LogP contribution in [0.3, 0.4) is 0 Å². The zero-order valence-electron chi connectivity index (χ0n) is 11.6. The topological polar surface area (TPSA) is 52.6 Å². The molecule has 0 saturated heterocycles. The van der Waals surface area contributed by atoms with Crippen LogP contribution in [0.4, 0.5) is 4.79 Å². The van der Waals surface area contributed by atoms with E-state index >= 15 is 0 Å². The lowest BCUT2D eigenvalue weighted by molar-refractivity contribution is -0.0318. The van der Waals surface area contributed by atoms with Gasteiger partial charge in [0.05, 0.1) is 12.3 Å². The predicted octanol–water partition coefficient (Wildman–Crippen LogP) is 2.85. The Morgan fingerprint density at radius 1 is 1.50 bits per heavy atom. The Balaban J connectivity index is 2.66. The lowest BCUT2D eigenvalue weighted by Gasteiger charge is -2.11. The van der Waals surface area contributed by atoms with E-state index in [2.05, 4.69) is 17.2 Å². The Labute approximate surface area is 123 Å². The third-order valence-corrected chi connectivity index (χ3v) is 3.39. The van der Waals surface area contributed by atoms with Crippen LogP contribution in [0.2, 0.25) is 0 Å². The highest BCUT2D eigenvalue weighted by Gasteiger charge is 2.05. The quantitative estimate of drug-likeness (QED) is 0.379. The van der Waals surface area contributed by atoms with E-state index in [0.717, 1.165) is 16.2 Å². The molecule has 0 aliphatic rings. The van der Waals surface area contributed by atoms with E-state index in [9.17, 15) is 10.0 Å². The van der Waals surface area contributed by atoms with Crippen LogP contribution in [-0.4, -0.2) is 35.6 Å². The summed E-state index contributed by atoms with van der Waals surface area (Å²) in [5.74, 6) is 6.61. The normalized spacial score (nSPS) is 9.95. The maximum absolute atomic E-state index is 11.1. The molecular weight excluding hydrogens is 272 g/mol. The van der Waals surface area contributed by atoms with Crippen molar-refractivity contribution in [2.75, 3.05) is 19.3 Å². The van der Waals surface area contributed by atoms with Crippen molar-refractivity contribution in [2.45, 2.75) is 11.8 Å². The lowest BCUT2D eigenvalue weighted by Crippen LogP contribution is -2.35. The predicted molar refractivity (Wildman–Crippen MR) is 82.6 cm³/mol. The van der Waals surface area contributed by atoms with Gasteiger partial charge in [0.25, 0.3) is 0 Å². The van der Waals surface area contributed by atoms with E-state index in [1.165, 1.54) is 7.05 Å². The summed E-state index contributed by atoms with van der Waals surface area (Å²) in [7, 11) is 1.47. The summed E-state index contributed by atoms with van der Waals surface area (Å²) < 4.78 is 0. The molecular formula is C15H18N2O2S. The SMILES string of the molecule is CC#CCSc1ccccc1/C=C/CN(O)C(=O)NC. The Morgan fingerprint density at radius 2 is 2.25 bits per heavy atom. The first kappa shape index (κ1) is 16.2. The lowest BCUT2D eigenvalue weighted by atomic mass is 10.2. The molecule has 1 aromatic carbocycles. The van der Waals surface area contributed by atoms with Crippen molar-refractivity contribution in [3.63, 3.8) is 0 Å².